The zero-order valence-electron chi connectivity index (χ0n) is 20.0. The van der Waals surface area contributed by atoms with E-state index in [0.717, 1.165) is 17.3 Å². The minimum atomic E-state index is -0.872. The van der Waals surface area contributed by atoms with Crippen LogP contribution in [0.3, 0.4) is 0 Å². The summed E-state index contributed by atoms with van der Waals surface area (Å²) in [6.07, 6.45) is 3.07. The molecule has 0 N–H and O–H groups in total. The molecule has 0 amide bonds. The highest BCUT2D eigenvalue weighted by Crippen LogP contribution is 2.37. The van der Waals surface area contributed by atoms with Gasteiger partial charge in [0.15, 0.2) is 17.6 Å². The maximum atomic E-state index is 13.2. The molecule has 10 heteroatoms. The Labute approximate surface area is 217 Å². The van der Waals surface area contributed by atoms with Crippen molar-refractivity contribution in [3.63, 3.8) is 0 Å². The van der Waals surface area contributed by atoms with Crippen LogP contribution in [0.25, 0.3) is 10.9 Å². The van der Waals surface area contributed by atoms with Crippen molar-refractivity contribution < 1.29 is 19.0 Å². The van der Waals surface area contributed by atoms with Gasteiger partial charge in [0.2, 0.25) is 0 Å². The Morgan fingerprint density at radius 1 is 1.29 bits per heavy atom. The molecule has 0 aliphatic rings. The molecule has 35 heavy (non-hydrogen) atoms. The molecule has 2 aromatic carbocycles. The number of methoxy groups -OCH3 is 1. The smallest absolute Gasteiger partial charge is 0.347 e. The average Bonchev–Trinajstić information content (AvgIpc) is 2.84. The summed E-state index contributed by atoms with van der Waals surface area (Å²) in [5, 5.41) is 5.13. The van der Waals surface area contributed by atoms with E-state index in [0.29, 0.717) is 34.5 Å². The molecule has 1 aromatic heterocycles. The third kappa shape index (κ3) is 6.41. The standard InChI is InChI=1S/C25H27BrClN3O5/c1-5-7-8-22-29-20-10-9-17(26)13-18(20)24(31)30(22)28-14-16-11-19(27)23(21(12-16)33-4)35-15(3)25(32)34-6-2/h9-15H,5-8H2,1-4H3/t15-/m1/s1. The summed E-state index contributed by atoms with van der Waals surface area (Å²) < 4.78 is 18.2. The summed E-state index contributed by atoms with van der Waals surface area (Å²) in [5.74, 6) is 0.592. The summed E-state index contributed by atoms with van der Waals surface area (Å²) in [4.78, 5) is 29.9. The summed E-state index contributed by atoms with van der Waals surface area (Å²) >= 11 is 9.85. The number of aryl methyl sites for hydroxylation is 1. The zero-order chi connectivity index (χ0) is 25.5. The first-order chi connectivity index (χ1) is 16.8. The predicted molar refractivity (Wildman–Crippen MR) is 140 cm³/mol. The van der Waals surface area contributed by atoms with Crippen molar-refractivity contribution in [2.45, 2.75) is 46.1 Å². The highest BCUT2D eigenvalue weighted by atomic mass is 79.9. The molecule has 0 unspecified atom stereocenters. The first-order valence-corrected chi connectivity index (χ1v) is 12.4. The van der Waals surface area contributed by atoms with Gasteiger partial charge in [0.25, 0.3) is 5.56 Å². The quantitative estimate of drug-likeness (QED) is 0.243. The Hall–Kier alpha value is -2.91. The van der Waals surface area contributed by atoms with Crippen molar-refractivity contribution in [3.05, 3.63) is 61.6 Å². The fourth-order valence-corrected chi connectivity index (χ4v) is 3.97. The van der Waals surface area contributed by atoms with E-state index < -0.39 is 12.1 Å². The molecule has 3 aromatic rings. The molecule has 1 heterocycles. The first kappa shape index (κ1) is 26.7. The summed E-state index contributed by atoms with van der Waals surface area (Å²) in [7, 11) is 1.47. The van der Waals surface area contributed by atoms with Gasteiger partial charge in [-0.25, -0.2) is 9.78 Å². The van der Waals surface area contributed by atoms with E-state index in [4.69, 9.17) is 25.8 Å². The molecule has 8 nitrogen and oxygen atoms in total. The van der Waals surface area contributed by atoms with Gasteiger partial charge in [-0.15, -0.1) is 0 Å². The second-order valence-corrected chi connectivity index (χ2v) is 9.02. The van der Waals surface area contributed by atoms with E-state index >= 15 is 0 Å². The third-order valence-corrected chi connectivity index (χ3v) is 5.89. The normalized spacial score (nSPS) is 12.2. The van der Waals surface area contributed by atoms with E-state index in [1.165, 1.54) is 18.0 Å². The van der Waals surface area contributed by atoms with Gasteiger partial charge >= 0.3 is 5.97 Å². The number of nitrogens with zero attached hydrogens (tertiary/aromatic N) is 3. The number of hydrogen-bond donors (Lipinski definition) is 0. The van der Waals surface area contributed by atoms with Crippen molar-refractivity contribution in [1.29, 1.82) is 0 Å². The second-order valence-electron chi connectivity index (χ2n) is 7.70. The van der Waals surface area contributed by atoms with Crippen LogP contribution in [0.15, 0.2) is 44.7 Å². The van der Waals surface area contributed by atoms with Crippen molar-refractivity contribution in [3.8, 4) is 11.5 Å². The van der Waals surface area contributed by atoms with E-state index in [2.05, 4.69) is 32.9 Å². The first-order valence-electron chi connectivity index (χ1n) is 11.2. The molecule has 3 rings (SSSR count). The Balaban J connectivity index is 2.00. The minimum Gasteiger partial charge on any atom is -0.493 e. The van der Waals surface area contributed by atoms with Crippen LogP contribution >= 0.6 is 27.5 Å². The Morgan fingerprint density at radius 2 is 2.06 bits per heavy atom. The molecule has 0 aliphatic heterocycles. The van der Waals surface area contributed by atoms with Gasteiger partial charge in [0.1, 0.15) is 5.82 Å². The van der Waals surface area contributed by atoms with Crippen molar-refractivity contribution in [2.24, 2.45) is 5.10 Å². The number of halogens is 2. The van der Waals surface area contributed by atoms with Crippen LogP contribution in [0, 0.1) is 0 Å². The van der Waals surface area contributed by atoms with Crippen LogP contribution in [-0.2, 0) is 16.0 Å². The SMILES string of the molecule is CCCCc1nc2ccc(Br)cc2c(=O)n1N=Cc1cc(Cl)c(O[C@H](C)C(=O)OCC)c(OC)c1. The fourth-order valence-electron chi connectivity index (χ4n) is 3.35. The summed E-state index contributed by atoms with van der Waals surface area (Å²) in [5.41, 5.74) is 0.934. The largest absolute Gasteiger partial charge is 0.493 e. The summed E-state index contributed by atoms with van der Waals surface area (Å²) in [6.45, 7) is 5.60. The molecule has 0 saturated heterocycles. The van der Waals surface area contributed by atoms with Gasteiger partial charge in [-0.1, -0.05) is 40.9 Å². The molecule has 0 bridgehead atoms. The van der Waals surface area contributed by atoms with Crippen LogP contribution < -0.4 is 15.0 Å². The van der Waals surface area contributed by atoms with Gasteiger partial charge < -0.3 is 14.2 Å². The maximum Gasteiger partial charge on any atom is 0.347 e. The molecule has 1 atom stereocenters. The Kier molecular flexibility index (Phi) is 9.28. The molecule has 0 spiro atoms. The molecule has 0 aliphatic carbocycles. The van der Waals surface area contributed by atoms with Crippen LogP contribution in [0.5, 0.6) is 11.5 Å². The van der Waals surface area contributed by atoms with E-state index in [9.17, 15) is 9.59 Å². The zero-order valence-corrected chi connectivity index (χ0v) is 22.4. The lowest BCUT2D eigenvalue weighted by atomic mass is 10.2. The van der Waals surface area contributed by atoms with Crippen molar-refractivity contribution in [1.82, 2.24) is 9.66 Å². The van der Waals surface area contributed by atoms with Crippen molar-refractivity contribution in [2.75, 3.05) is 13.7 Å². The highest BCUT2D eigenvalue weighted by molar-refractivity contribution is 9.10. The number of hydrogen-bond acceptors (Lipinski definition) is 7. The van der Waals surface area contributed by atoms with Crippen LogP contribution in [-0.4, -0.2) is 41.7 Å². The lowest BCUT2D eigenvalue weighted by Crippen LogP contribution is -2.26. The third-order valence-electron chi connectivity index (χ3n) is 5.12. The van der Waals surface area contributed by atoms with Gasteiger partial charge in [-0.2, -0.15) is 9.78 Å². The second kappa shape index (κ2) is 12.2. The monoisotopic (exact) mass is 563 g/mol. The Morgan fingerprint density at radius 3 is 2.74 bits per heavy atom. The molecule has 0 radical (unpaired) electrons. The van der Waals surface area contributed by atoms with Gasteiger partial charge in [0, 0.05) is 10.9 Å². The van der Waals surface area contributed by atoms with E-state index in [1.807, 2.05) is 12.1 Å². The van der Waals surface area contributed by atoms with Crippen LogP contribution in [0.1, 0.15) is 45.0 Å². The fraction of sp³-hybridized carbons (Fsp3) is 0.360. The Bertz CT molecular complexity index is 1310. The van der Waals surface area contributed by atoms with E-state index in [-0.39, 0.29) is 22.9 Å². The lowest BCUT2D eigenvalue weighted by Gasteiger charge is -2.17. The number of ether oxygens (including phenoxy) is 3. The number of benzene rings is 2. The highest BCUT2D eigenvalue weighted by Gasteiger charge is 2.21. The van der Waals surface area contributed by atoms with Crippen LogP contribution in [0.2, 0.25) is 5.02 Å². The van der Waals surface area contributed by atoms with Gasteiger partial charge in [0.05, 0.1) is 35.9 Å². The van der Waals surface area contributed by atoms with Gasteiger partial charge in [-0.05, 0) is 56.2 Å². The minimum absolute atomic E-state index is 0.213. The van der Waals surface area contributed by atoms with Crippen molar-refractivity contribution >= 4 is 50.6 Å². The number of carbonyl (C=O) groups is 1. The molecule has 0 fully saturated rings. The summed E-state index contributed by atoms with van der Waals surface area (Å²) in [6, 6.07) is 8.67. The average molecular weight is 565 g/mol. The number of carbonyl (C=O) groups excluding carboxylic acids is 1. The lowest BCUT2D eigenvalue weighted by molar-refractivity contribution is -0.150. The predicted octanol–water partition coefficient (Wildman–Crippen LogP) is 5.38. The number of fused-ring (bicyclic) bond motifs is 1. The van der Waals surface area contributed by atoms with Gasteiger partial charge in [-0.3, -0.25) is 4.79 Å². The van der Waals surface area contributed by atoms with Crippen LogP contribution in [0.4, 0.5) is 0 Å². The molecular weight excluding hydrogens is 538 g/mol. The number of esters is 1. The maximum absolute atomic E-state index is 13.2. The molecular formula is C25H27BrClN3O5. The number of rotatable bonds is 10. The topological polar surface area (TPSA) is 92.0 Å². The number of aromatic nitrogens is 2. The molecule has 0 saturated carbocycles. The van der Waals surface area contributed by atoms with E-state index in [1.54, 1.807) is 32.0 Å². The number of unbranched alkanes of at least 4 members (excludes halogenated alkanes) is 1. The molecule has 186 valence electrons.